The third kappa shape index (κ3) is 1.82. The molecule has 1 rings (SSSR count). The zero-order valence-electron chi connectivity index (χ0n) is 6.43. The molecule has 0 fully saturated rings. The van der Waals surface area contributed by atoms with Crippen molar-refractivity contribution in [3.8, 4) is 0 Å². The van der Waals surface area contributed by atoms with E-state index in [4.69, 9.17) is 15.8 Å². The second kappa shape index (κ2) is 3.11. The van der Waals surface area contributed by atoms with Gasteiger partial charge in [0, 0.05) is 0 Å². The predicted molar refractivity (Wildman–Crippen MR) is 45.5 cm³/mol. The summed E-state index contributed by atoms with van der Waals surface area (Å²) in [5, 5.41) is 2.93. The van der Waals surface area contributed by atoms with Crippen molar-refractivity contribution in [3.63, 3.8) is 0 Å². The van der Waals surface area contributed by atoms with Crippen LogP contribution in [-0.2, 0) is 10.1 Å². The van der Waals surface area contributed by atoms with Crippen LogP contribution in [0.15, 0.2) is 28.2 Å². The molecule has 0 bridgehead atoms. The minimum Gasteiger partial charge on any atom is -0.398 e. The van der Waals surface area contributed by atoms with Crippen molar-refractivity contribution in [1.82, 2.24) is 0 Å². The third-order valence-electron chi connectivity index (χ3n) is 1.40. The van der Waals surface area contributed by atoms with Crippen LogP contribution < -0.4 is 5.73 Å². The molecule has 0 unspecified atom stereocenters. The number of rotatable bonds is 2. The minimum absolute atomic E-state index is 0.129. The Labute approximate surface area is 74.6 Å². The fourth-order valence-electron chi connectivity index (χ4n) is 0.911. The Morgan fingerprint density at radius 2 is 2.08 bits per heavy atom. The molecule has 0 radical (unpaired) electrons. The monoisotopic (exact) mass is 201 g/mol. The van der Waals surface area contributed by atoms with E-state index in [1.807, 2.05) is 0 Å². The molecule has 0 aromatic heterocycles. The fourth-order valence-corrected chi connectivity index (χ4v) is 1.66. The zero-order valence-corrected chi connectivity index (χ0v) is 7.25. The second-order valence-electron chi connectivity index (χ2n) is 2.28. The van der Waals surface area contributed by atoms with Gasteiger partial charge < -0.3 is 5.73 Å². The Kier molecular flexibility index (Phi) is 2.30. The van der Waals surface area contributed by atoms with E-state index < -0.39 is 15.0 Å². The summed E-state index contributed by atoms with van der Waals surface area (Å²) in [7, 11) is -4.41. The average molecular weight is 201 g/mol. The zero-order chi connectivity index (χ0) is 10.1. The smallest absolute Gasteiger partial charge is 0.298 e. The fraction of sp³-hybridized carbons (Fsp3) is 0. The van der Waals surface area contributed by atoms with Crippen molar-refractivity contribution in [1.29, 1.82) is 5.53 Å². The van der Waals surface area contributed by atoms with Gasteiger partial charge in [0.05, 0.1) is 5.69 Å². The Morgan fingerprint density at radius 3 is 2.46 bits per heavy atom. The van der Waals surface area contributed by atoms with E-state index in [0.717, 1.165) is 0 Å². The summed E-state index contributed by atoms with van der Waals surface area (Å²) >= 11 is 0. The molecule has 7 heteroatoms. The first-order valence-electron chi connectivity index (χ1n) is 3.20. The van der Waals surface area contributed by atoms with Gasteiger partial charge in [-0.05, 0) is 12.1 Å². The highest BCUT2D eigenvalue weighted by Gasteiger charge is 2.18. The van der Waals surface area contributed by atoms with Crippen LogP contribution in [0.3, 0.4) is 0 Å². The molecule has 0 amide bonds. The normalized spacial score (nSPS) is 11.2. The molecule has 0 aliphatic carbocycles. The van der Waals surface area contributed by atoms with E-state index in [1.54, 1.807) is 0 Å². The van der Waals surface area contributed by atoms with Crippen molar-refractivity contribution in [3.05, 3.63) is 18.2 Å². The summed E-state index contributed by atoms with van der Waals surface area (Å²) < 4.78 is 30.3. The first kappa shape index (κ1) is 9.62. The molecule has 13 heavy (non-hydrogen) atoms. The van der Waals surface area contributed by atoms with Crippen LogP contribution in [0, 0.1) is 5.53 Å². The second-order valence-corrected chi connectivity index (χ2v) is 3.64. The summed E-state index contributed by atoms with van der Waals surface area (Å²) in [5.41, 5.74) is 11.6. The molecular formula is C6H7N3O3S. The van der Waals surface area contributed by atoms with E-state index in [2.05, 4.69) is 5.11 Å². The predicted octanol–water partition coefficient (Wildman–Crippen LogP) is 1.18. The van der Waals surface area contributed by atoms with Gasteiger partial charge in [-0.2, -0.15) is 13.5 Å². The third-order valence-corrected chi connectivity index (χ3v) is 2.36. The van der Waals surface area contributed by atoms with E-state index >= 15 is 0 Å². The number of nitrogens with two attached hydrogens (primary N) is 1. The molecule has 0 aliphatic rings. The molecule has 0 atom stereocenters. The summed E-state index contributed by atoms with van der Waals surface area (Å²) in [6, 6.07) is 4.02. The van der Waals surface area contributed by atoms with Gasteiger partial charge in [0.25, 0.3) is 10.1 Å². The SMILES string of the molecule is N=Nc1cccc(N)c1S(=O)(=O)O. The van der Waals surface area contributed by atoms with Gasteiger partial charge in [0.1, 0.15) is 10.6 Å². The first-order chi connectivity index (χ1) is 5.96. The maximum atomic E-state index is 10.8. The molecular weight excluding hydrogens is 194 g/mol. The molecule has 0 saturated heterocycles. The van der Waals surface area contributed by atoms with Crippen molar-refractivity contribution >= 4 is 21.5 Å². The first-order valence-corrected chi connectivity index (χ1v) is 4.64. The van der Waals surface area contributed by atoms with Crippen LogP contribution in [0.2, 0.25) is 0 Å². The van der Waals surface area contributed by atoms with Gasteiger partial charge in [-0.15, -0.1) is 0 Å². The molecule has 6 nitrogen and oxygen atoms in total. The minimum atomic E-state index is -4.41. The average Bonchev–Trinajstić information content (AvgIpc) is 2.01. The number of nitrogens with zero attached hydrogens (tertiary/aromatic N) is 1. The van der Waals surface area contributed by atoms with E-state index in [9.17, 15) is 8.42 Å². The number of nitrogen functional groups attached to an aromatic ring is 1. The topological polar surface area (TPSA) is 117 Å². The van der Waals surface area contributed by atoms with Crippen molar-refractivity contribution < 1.29 is 13.0 Å². The van der Waals surface area contributed by atoms with Gasteiger partial charge >= 0.3 is 0 Å². The lowest BCUT2D eigenvalue weighted by molar-refractivity contribution is 0.484. The van der Waals surface area contributed by atoms with Gasteiger partial charge in [-0.1, -0.05) is 6.07 Å². The van der Waals surface area contributed by atoms with Crippen LogP contribution in [0.4, 0.5) is 11.4 Å². The highest BCUT2D eigenvalue weighted by atomic mass is 32.2. The Hall–Kier alpha value is -1.47. The van der Waals surface area contributed by atoms with Crippen LogP contribution in [-0.4, -0.2) is 13.0 Å². The van der Waals surface area contributed by atoms with Crippen LogP contribution >= 0.6 is 0 Å². The van der Waals surface area contributed by atoms with Crippen molar-refractivity contribution in [2.45, 2.75) is 4.90 Å². The molecule has 0 heterocycles. The summed E-state index contributed by atoms with van der Waals surface area (Å²) in [6.45, 7) is 0. The van der Waals surface area contributed by atoms with Gasteiger partial charge in [0.15, 0.2) is 0 Å². The Balaban J connectivity index is 3.59. The lowest BCUT2D eigenvalue weighted by Crippen LogP contribution is -2.03. The van der Waals surface area contributed by atoms with Gasteiger partial charge in [0.2, 0.25) is 0 Å². The molecule has 4 N–H and O–H groups in total. The van der Waals surface area contributed by atoms with E-state index in [1.165, 1.54) is 18.2 Å². The molecule has 0 saturated carbocycles. The lowest BCUT2D eigenvalue weighted by atomic mass is 10.3. The van der Waals surface area contributed by atoms with Crippen LogP contribution in [0.25, 0.3) is 0 Å². The maximum absolute atomic E-state index is 10.8. The van der Waals surface area contributed by atoms with E-state index in [0.29, 0.717) is 0 Å². The summed E-state index contributed by atoms with van der Waals surface area (Å²) in [5.74, 6) is 0. The lowest BCUT2D eigenvalue weighted by Gasteiger charge is -2.03. The number of benzene rings is 1. The van der Waals surface area contributed by atoms with Crippen molar-refractivity contribution in [2.24, 2.45) is 5.11 Å². The quantitative estimate of drug-likeness (QED) is 0.378. The molecule has 0 aliphatic heterocycles. The standard InChI is InChI=1S/C6H7N3O3S/c7-4-2-1-3-5(9-8)6(4)13(10,11)12/h1-3,8H,7H2,(H,10,11,12). The van der Waals surface area contributed by atoms with Gasteiger partial charge in [-0.3, -0.25) is 4.55 Å². The molecule has 1 aromatic carbocycles. The molecule has 1 aromatic rings. The van der Waals surface area contributed by atoms with Crippen molar-refractivity contribution in [2.75, 3.05) is 5.73 Å². The molecule has 70 valence electrons. The summed E-state index contributed by atoms with van der Waals surface area (Å²) in [6.07, 6.45) is 0. The highest BCUT2D eigenvalue weighted by molar-refractivity contribution is 7.86. The Morgan fingerprint density at radius 1 is 1.46 bits per heavy atom. The summed E-state index contributed by atoms with van der Waals surface area (Å²) in [4.78, 5) is -0.523. The van der Waals surface area contributed by atoms with Crippen LogP contribution in [0.5, 0.6) is 0 Å². The molecule has 0 spiro atoms. The van der Waals surface area contributed by atoms with Gasteiger partial charge in [-0.25, -0.2) is 5.53 Å². The number of nitrogens with one attached hydrogen (secondary N) is 1. The number of hydrogen-bond acceptors (Lipinski definition) is 5. The number of hydrogen-bond donors (Lipinski definition) is 3. The largest absolute Gasteiger partial charge is 0.398 e. The van der Waals surface area contributed by atoms with E-state index in [-0.39, 0.29) is 11.4 Å². The maximum Gasteiger partial charge on any atom is 0.298 e. The Bertz CT molecular complexity index is 440. The number of anilines is 1. The highest BCUT2D eigenvalue weighted by Crippen LogP contribution is 2.28. The van der Waals surface area contributed by atoms with Crippen LogP contribution in [0.1, 0.15) is 0 Å².